The van der Waals surface area contributed by atoms with Crippen molar-refractivity contribution in [2.75, 3.05) is 0 Å². The number of aromatic nitrogens is 1. The molecule has 0 radical (unpaired) electrons. The topological polar surface area (TPSA) is 34.5 Å². The Kier molecular flexibility index (Phi) is 6.04. The van der Waals surface area contributed by atoms with Crippen LogP contribution in [0.4, 0.5) is 4.39 Å². The van der Waals surface area contributed by atoms with E-state index < -0.39 is 0 Å². The number of nitrogens with zero attached hydrogens (tertiary/aromatic N) is 2. The Hall–Kier alpha value is -2.37. The van der Waals surface area contributed by atoms with Crippen LogP contribution in [0.2, 0.25) is 5.02 Å². The average Bonchev–Trinajstić information content (AvgIpc) is 2.63. The van der Waals surface area contributed by atoms with Crippen molar-refractivity contribution in [3.8, 4) is 0 Å². The molecule has 126 valence electrons. The van der Waals surface area contributed by atoms with Gasteiger partial charge in [0.05, 0.1) is 6.21 Å². The zero-order valence-corrected chi connectivity index (χ0v) is 14.7. The van der Waals surface area contributed by atoms with Gasteiger partial charge in [-0.25, -0.2) is 9.37 Å². The van der Waals surface area contributed by atoms with Gasteiger partial charge in [-0.2, -0.15) is 0 Å². The van der Waals surface area contributed by atoms with Gasteiger partial charge in [-0.15, -0.1) is 0 Å². The number of benzene rings is 2. The molecule has 25 heavy (non-hydrogen) atoms. The highest BCUT2D eigenvalue weighted by molar-refractivity contribution is 7.99. The van der Waals surface area contributed by atoms with Crippen LogP contribution in [0.15, 0.2) is 81.9 Å². The average molecular weight is 373 g/mol. The maximum atomic E-state index is 12.9. The summed E-state index contributed by atoms with van der Waals surface area (Å²) >= 11 is 7.43. The van der Waals surface area contributed by atoms with Crippen LogP contribution < -0.4 is 0 Å². The van der Waals surface area contributed by atoms with Crippen LogP contribution >= 0.6 is 23.4 Å². The minimum Gasteiger partial charge on any atom is -0.391 e. The molecule has 3 nitrogen and oxygen atoms in total. The maximum Gasteiger partial charge on any atom is 0.142 e. The number of oxime groups is 1. The molecule has 0 N–H and O–H groups in total. The summed E-state index contributed by atoms with van der Waals surface area (Å²) in [4.78, 5) is 10.7. The molecule has 0 aliphatic rings. The Morgan fingerprint density at radius 2 is 1.84 bits per heavy atom. The van der Waals surface area contributed by atoms with Gasteiger partial charge >= 0.3 is 0 Å². The van der Waals surface area contributed by atoms with Gasteiger partial charge in [0.15, 0.2) is 0 Å². The van der Waals surface area contributed by atoms with E-state index in [0.717, 1.165) is 21.0 Å². The van der Waals surface area contributed by atoms with Crippen LogP contribution in [0.3, 0.4) is 0 Å². The first-order chi connectivity index (χ1) is 12.2. The SMILES string of the molecule is Fc1ccc(CO/N=C\c2cccnc2Sc2ccc(Cl)cc2)cc1. The highest BCUT2D eigenvalue weighted by Gasteiger charge is 2.04. The van der Waals surface area contributed by atoms with Gasteiger partial charge in [0.1, 0.15) is 17.5 Å². The largest absolute Gasteiger partial charge is 0.391 e. The number of rotatable bonds is 6. The van der Waals surface area contributed by atoms with Crippen LogP contribution in [-0.2, 0) is 11.4 Å². The molecule has 3 aromatic rings. The van der Waals surface area contributed by atoms with E-state index in [2.05, 4.69) is 10.1 Å². The molecule has 2 aromatic carbocycles. The Morgan fingerprint density at radius 1 is 1.08 bits per heavy atom. The molecule has 1 heterocycles. The van der Waals surface area contributed by atoms with E-state index >= 15 is 0 Å². The summed E-state index contributed by atoms with van der Waals surface area (Å²) in [6.45, 7) is 0.275. The lowest BCUT2D eigenvalue weighted by Crippen LogP contribution is -1.92. The van der Waals surface area contributed by atoms with Crippen molar-refractivity contribution in [2.45, 2.75) is 16.5 Å². The first-order valence-corrected chi connectivity index (χ1v) is 8.68. The second-order valence-electron chi connectivity index (χ2n) is 5.09. The third kappa shape index (κ3) is 5.31. The molecule has 0 saturated carbocycles. The van der Waals surface area contributed by atoms with Gasteiger partial charge in [-0.1, -0.05) is 40.7 Å². The van der Waals surface area contributed by atoms with E-state index in [-0.39, 0.29) is 12.4 Å². The second kappa shape index (κ2) is 8.65. The summed E-state index contributed by atoms with van der Waals surface area (Å²) in [6, 6.07) is 17.4. The minimum atomic E-state index is -0.272. The highest BCUT2D eigenvalue weighted by atomic mass is 35.5. The first-order valence-electron chi connectivity index (χ1n) is 7.49. The molecule has 0 unspecified atom stereocenters. The van der Waals surface area contributed by atoms with Crippen molar-refractivity contribution < 1.29 is 9.23 Å². The predicted octanol–water partition coefficient (Wildman–Crippen LogP) is 5.58. The lowest BCUT2D eigenvalue weighted by Gasteiger charge is -2.04. The van der Waals surface area contributed by atoms with E-state index in [4.69, 9.17) is 16.4 Å². The molecular formula is C19H14ClFN2OS. The summed E-state index contributed by atoms with van der Waals surface area (Å²) in [5, 5.41) is 5.50. The van der Waals surface area contributed by atoms with Crippen LogP contribution in [0, 0.1) is 5.82 Å². The Bertz CT molecular complexity index is 854. The van der Waals surface area contributed by atoms with E-state index in [1.165, 1.54) is 23.9 Å². The minimum absolute atomic E-state index is 0.272. The Balaban J connectivity index is 1.63. The van der Waals surface area contributed by atoms with Gasteiger partial charge in [0.2, 0.25) is 0 Å². The van der Waals surface area contributed by atoms with E-state index in [1.54, 1.807) is 24.5 Å². The molecular weight excluding hydrogens is 359 g/mol. The van der Waals surface area contributed by atoms with Crippen molar-refractivity contribution in [1.29, 1.82) is 0 Å². The summed E-state index contributed by atoms with van der Waals surface area (Å²) in [5.41, 5.74) is 1.70. The molecule has 6 heteroatoms. The number of pyridine rings is 1. The Labute approximate surface area is 154 Å². The fourth-order valence-corrected chi connectivity index (χ4v) is 2.96. The van der Waals surface area contributed by atoms with Crippen molar-refractivity contribution in [2.24, 2.45) is 5.16 Å². The number of hydrogen-bond donors (Lipinski definition) is 0. The molecule has 1 aromatic heterocycles. The maximum absolute atomic E-state index is 12.9. The fraction of sp³-hybridized carbons (Fsp3) is 0.0526. The summed E-state index contributed by atoms with van der Waals surface area (Å²) in [7, 11) is 0. The predicted molar refractivity (Wildman–Crippen MR) is 98.6 cm³/mol. The lowest BCUT2D eigenvalue weighted by atomic mass is 10.2. The molecule has 0 bridgehead atoms. The second-order valence-corrected chi connectivity index (χ2v) is 6.59. The standard InChI is InChI=1S/C19H14ClFN2OS/c20-16-5-9-18(10-6-16)25-19-15(2-1-11-22-19)12-23-24-13-14-3-7-17(21)8-4-14/h1-12H,13H2/b23-12-. The van der Waals surface area contributed by atoms with Crippen LogP contribution in [0.25, 0.3) is 0 Å². The summed E-state index contributed by atoms with van der Waals surface area (Å²) in [6.07, 6.45) is 3.35. The van der Waals surface area contributed by atoms with Gasteiger partial charge in [-0.05, 0) is 54.1 Å². The van der Waals surface area contributed by atoms with Gasteiger partial charge in [0, 0.05) is 21.7 Å². The molecule has 0 fully saturated rings. The van der Waals surface area contributed by atoms with Crippen LogP contribution in [-0.4, -0.2) is 11.2 Å². The fourth-order valence-electron chi connectivity index (χ4n) is 1.99. The third-order valence-corrected chi connectivity index (χ3v) is 4.53. The van der Waals surface area contributed by atoms with E-state index in [0.29, 0.717) is 5.02 Å². The van der Waals surface area contributed by atoms with Crippen LogP contribution in [0.1, 0.15) is 11.1 Å². The Morgan fingerprint density at radius 3 is 2.60 bits per heavy atom. The van der Waals surface area contributed by atoms with Crippen LogP contribution in [0.5, 0.6) is 0 Å². The third-order valence-electron chi connectivity index (χ3n) is 3.24. The van der Waals surface area contributed by atoms with Crippen molar-refractivity contribution in [3.63, 3.8) is 0 Å². The molecule has 3 rings (SSSR count). The van der Waals surface area contributed by atoms with Gasteiger partial charge in [-0.3, -0.25) is 0 Å². The van der Waals surface area contributed by atoms with Crippen molar-refractivity contribution >= 4 is 29.6 Å². The lowest BCUT2D eigenvalue weighted by molar-refractivity contribution is 0.132. The van der Waals surface area contributed by atoms with Crippen molar-refractivity contribution in [1.82, 2.24) is 4.98 Å². The van der Waals surface area contributed by atoms with E-state index in [9.17, 15) is 4.39 Å². The molecule has 0 aliphatic heterocycles. The smallest absolute Gasteiger partial charge is 0.142 e. The molecule has 0 spiro atoms. The molecule has 0 amide bonds. The highest BCUT2D eigenvalue weighted by Crippen LogP contribution is 2.28. The van der Waals surface area contributed by atoms with E-state index in [1.807, 2.05) is 36.4 Å². The van der Waals surface area contributed by atoms with Gasteiger partial charge in [0.25, 0.3) is 0 Å². The molecule has 0 atom stereocenters. The van der Waals surface area contributed by atoms with Gasteiger partial charge < -0.3 is 4.84 Å². The van der Waals surface area contributed by atoms with Crippen molar-refractivity contribution in [3.05, 3.63) is 88.8 Å². The number of halogens is 2. The molecule has 0 aliphatic carbocycles. The zero-order valence-electron chi connectivity index (χ0n) is 13.1. The summed E-state index contributed by atoms with van der Waals surface area (Å²) < 4.78 is 12.9. The normalized spacial score (nSPS) is 11.0. The molecule has 0 saturated heterocycles. The zero-order chi connectivity index (χ0) is 17.5. The summed E-state index contributed by atoms with van der Waals surface area (Å²) in [5.74, 6) is -0.272. The number of hydrogen-bond acceptors (Lipinski definition) is 4. The monoisotopic (exact) mass is 372 g/mol. The quantitative estimate of drug-likeness (QED) is 0.418. The first kappa shape index (κ1) is 17.5.